The lowest BCUT2D eigenvalue weighted by atomic mass is 10.1. The highest BCUT2D eigenvalue weighted by molar-refractivity contribution is 7.17. The van der Waals surface area contributed by atoms with Crippen molar-refractivity contribution < 1.29 is 60.9 Å². The van der Waals surface area contributed by atoms with Crippen LogP contribution >= 0.6 is 11.3 Å². The fourth-order valence-electron chi connectivity index (χ4n) is 3.41. The van der Waals surface area contributed by atoms with Crippen LogP contribution in [0, 0.1) is 11.2 Å². The first-order valence-corrected chi connectivity index (χ1v) is 15.3. The Morgan fingerprint density at radius 1 is 1.06 bits per heavy atom. The zero-order valence-corrected chi connectivity index (χ0v) is 28.6. The molecule has 0 aliphatic rings. The number of anilines is 1. The number of amides is 1. The molecule has 0 saturated carbocycles. The minimum atomic E-state index is -5.08. The molecular weight excluding hydrogens is 682 g/mol. The Morgan fingerprint density at radius 2 is 1.63 bits per heavy atom. The number of nitrogens with zero attached hydrogens (tertiary/aromatic N) is 2. The second-order valence-electron chi connectivity index (χ2n) is 12.0. The van der Waals surface area contributed by atoms with Crippen molar-refractivity contribution in [1.82, 2.24) is 10.3 Å². The van der Waals surface area contributed by atoms with E-state index < -0.39 is 65.4 Å². The first-order chi connectivity index (χ1) is 22.3. The van der Waals surface area contributed by atoms with E-state index in [2.05, 4.69) is 10.3 Å². The lowest BCUT2D eigenvalue weighted by Crippen LogP contribution is -2.46. The van der Waals surface area contributed by atoms with Gasteiger partial charge in [-0.05, 0) is 66.7 Å². The Labute approximate surface area is 283 Å². The first-order valence-electron chi connectivity index (χ1n) is 14.4. The van der Waals surface area contributed by atoms with Gasteiger partial charge in [-0.1, -0.05) is 11.3 Å². The van der Waals surface area contributed by atoms with E-state index in [0.717, 1.165) is 17.4 Å². The van der Waals surface area contributed by atoms with Crippen LogP contribution in [0.5, 0.6) is 5.75 Å². The third-order valence-corrected chi connectivity index (χ3v) is 6.50. The summed E-state index contributed by atoms with van der Waals surface area (Å²) in [4.78, 5) is 65.5. The van der Waals surface area contributed by atoms with Crippen molar-refractivity contribution in [2.75, 3.05) is 18.0 Å². The van der Waals surface area contributed by atoms with Gasteiger partial charge in [0.05, 0.1) is 12.6 Å². The number of carbonyl (C=O) groups excluding carboxylic acids is 4. The van der Waals surface area contributed by atoms with Crippen molar-refractivity contribution in [3.05, 3.63) is 40.7 Å². The van der Waals surface area contributed by atoms with Crippen molar-refractivity contribution >= 4 is 52.1 Å². The maximum Gasteiger partial charge on any atom is 0.490 e. The van der Waals surface area contributed by atoms with Crippen molar-refractivity contribution in [3.8, 4) is 5.75 Å². The molecule has 49 heavy (non-hydrogen) atoms. The predicted octanol–water partition coefficient (Wildman–Crippen LogP) is 4.19. The largest absolute Gasteiger partial charge is 0.490 e. The molecule has 272 valence electrons. The number of aliphatic carboxylic acids is 1. The number of nitrogens with two attached hydrogens (primary N) is 1. The molecule has 0 unspecified atom stereocenters. The van der Waals surface area contributed by atoms with Gasteiger partial charge in [0.15, 0.2) is 16.7 Å². The summed E-state index contributed by atoms with van der Waals surface area (Å²) >= 11 is 0.994. The quantitative estimate of drug-likeness (QED) is 0.0799. The zero-order valence-electron chi connectivity index (χ0n) is 27.8. The molecule has 5 N–H and O–H groups in total. The second kappa shape index (κ2) is 17.5. The molecule has 14 nitrogen and oxygen atoms in total. The SMILES string of the molecule is CCN(CCC(=O)N[C@@H](CC(=O)OC(C)(C)C)C(=O)OC(C)(C)C)c1ncc(C(=O)Oc2ccc(C(=N)N)cc2F)s1.O=C(O)C(F)(F)F. The van der Waals surface area contributed by atoms with Crippen LogP contribution in [0.3, 0.4) is 0 Å². The van der Waals surface area contributed by atoms with E-state index in [1.54, 1.807) is 46.4 Å². The minimum absolute atomic E-state index is 0.0610. The van der Waals surface area contributed by atoms with Gasteiger partial charge in [0.1, 0.15) is 28.0 Å². The molecule has 0 fully saturated rings. The highest BCUT2D eigenvalue weighted by Crippen LogP contribution is 2.26. The molecular formula is C30H39F4N5O9S. The lowest BCUT2D eigenvalue weighted by molar-refractivity contribution is -0.192. The van der Waals surface area contributed by atoms with Gasteiger partial charge in [-0.25, -0.2) is 23.8 Å². The minimum Gasteiger partial charge on any atom is -0.475 e. The number of nitrogens with one attached hydrogen (secondary N) is 2. The van der Waals surface area contributed by atoms with Crippen LogP contribution in [-0.4, -0.2) is 82.2 Å². The summed E-state index contributed by atoms with van der Waals surface area (Å²) in [6.07, 6.45) is -4.26. The summed E-state index contributed by atoms with van der Waals surface area (Å²) in [5, 5.41) is 17.5. The van der Waals surface area contributed by atoms with Crippen LogP contribution in [0.25, 0.3) is 0 Å². The van der Waals surface area contributed by atoms with E-state index in [4.69, 9.17) is 35.3 Å². The van der Waals surface area contributed by atoms with E-state index in [1.165, 1.54) is 18.3 Å². The summed E-state index contributed by atoms with van der Waals surface area (Å²) in [7, 11) is 0. The normalized spacial score (nSPS) is 12.1. The molecule has 1 atom stereocenters. The van der Waals surface area contributed by atoms with Gasteiger partial charge in [-0.3, -0.25) is 15.0 Å². The third-order valence-electron chi connectivity index (χ3n) is 5.46. The molecule has 1 amide bonds. The Hall–Kier alpha value is -4.81. The molecule has 0 bridgehead atoms. The molecule has 0 saturated heterocycles. The fourth-order valence-corrected chi connectivity index (χ4v) is 4.30. The number of aromatic nitrogens is 1. The smallest absolute Gasteiger partial charge is 0.475 e. The number of esters is 3. The molecule has 0 radical (unpaired) electrons. The molecule has 1 aromatic heterocycles. The van der Waals surface area contributed by atoms with E-state index in [-0.39, 0.29) is 35.0 Å². The van der Waals surface area contributed by atoms with Crippen molar-refractivity contribution in [2.24, 2.45) is 5.73 Å². The molecule has 1 heterocycles. The number of amidine groups is 1. The average molecular weight is 722 g/mol. The predicted molar refractivity (Wildman–Crippen MR) is 169 cm³/mol. The van der Waals surface area contributed by atoms with E-state index in [0.29, 0.717) is 11.7 Å². The lowest BCUT2D eigenvalue weighted by Gasteiger charge is -2.26. The number of hydrogen-bond acceptors (Lipinski definition) is 12. The number of nitrogen functional groups attached to an aromatic ring is 1. The number of carbonyl (C=O) groups is 5. The van der Waals surface area contributed by atoms with Crippen molar-refractivity contribution in [3.63, 3.8) is 0 Å². The van der Waals surface area contributed by atoms with Gasteiger partial charge in [-0.2, -0.15) is 13.2 Å². The average Bonchev–Trinajstić information content (AvgIpc) is 3.42. The van der Waals surface area contributed by atoms with Gasteiger partial charge in [0.2, 0.25) is 5.91 Å². The summed E-state index contributed by atoms with van der Waals surface area (Å²) in [6, 6.07) is 2.31. The summed E-state index contributed by atoms with van der Waals surface area (Å²) in [5.41, 5.74) is 3.89. The molecule has 0 aliphatic heterocycles. The van der Waals surface area contributed by atoms with Crippen LogP contribution in [0.1, 0.15) is 76.5 Å². The zero-order chi connectivity index (χ0) is 37.9. The number of rotatable bonds is 12. The summed E-state index contributed by atoms with van der Waals surface area (Å²) in [5.74, 6) is -7.01. The number of alkyl halides is 3. The standard InChI is InChI=1S/C28H38FN5O7S.C2HF3O2/c1-8-34(26-32-15-20(42-26)25(38)39-19-10-9-16(23(30)31)13-17(19)29)12-11-21(35)33-18(24(37)41-28(5,6)7)14-22(36)40-27(2,3)4;3-2(4,5)1(6)7/h9-10,13,15,18H,8,11-12,14H2,1-7H3,(H3,30,31)(H,33,35);(H,6,7)/t18-;/m0./s1. The van der Waals surface area contributed by atoms with Gasteiger partial charge in [0, 0.05) is 25.1 Å². The van der Waals surface area contributed by atoms with Crippen LogP contribution in [0.2, 0.25) is 0 Å². The molecule has 2 aromatic rings. The number of carboxylic acids is 1. The number of hydrogen-bond donors (Lipinski definition) is 4. The highest BCUT2D eigenvalue weighted by atomic mass is 32.1. The molecule has 1 aromatic carbocycles. The first kappa shape index (κ1) is 42.2. The number of benzene rings is 1. The number of halogens is 4. The van der Waals surface area contributed by atoms with Gasteiger partial charge in [-0.15, -0.1) is 0 Å². The Balaban J connectivity index is 0.00000154. The molecule has 0 spiro atoms. The monoisotopic (exact) mass is 721 g/mol. The topological polar surface area (TPSA) is 211 Å². The van der Waals surface area contributed by atoms with Gasteiger partial charge >= 0.3 is 30.1 Å². The Bertz CT molecular complexity index is 1520. The van der Waals surface area contributed by atoms with E-state index in [9.17, 15) is 36.7 Å². The van der Waals surface area contributed by atoms with E-state index in [1.807, 2.05) is 6.92 Å². The van der Waals surface area contributed by atoms with Crippen LogP contribution < -0.4 is 20.7 Å². The third kappa shape index (κ3) is 15.8. The molecule has 0 aliphatic carbocycles. The number of thiazole rings is 1. The Kier molecular flexibility index (Phi) is 15.1. The fraction of sp³-hybridized carbons (Fsp3) is 0.500. The highest BCUT2D eigenvalue weighted by Gasteiger charge is 2.38. The van der Waals surface area contributed by atoms with Gasteiger partial charge in [0.25, 0.3) is 0 Å². The van der Waals surface area contributed by atoms with Crippen molar-refractivity contribution in [2.45, 2.75) is 84.7 Å². The van der Waals surface area contributed by atoms with Crippen LogP contribution in [-0.2, 0) is 28.7 Å². The summed E-state index contributed by atoms with van der Waals surface area (Å²) < 4.78 is 61.8. The molecule has 2 rings (SSSR count). The van der Waals surface area contributed by atoms with Crippen molar-refractivity contribution in [1.29, 1.82) is 5.41 Å². The number of ether oxygens (including phenoxy) is 3. The Morgan fingerprint density at radius 3 is 2.10 bits per heavy atom. The van der Waals surface area contributed by atoms with E-state index >= 15 is 0 Å². The summed E-state index contributed by atoms with van der Waals surface area (Å²) in [6.45, 7) is 12.6. The maximum absolute atomic E-state index is 14.3. The van der Waals surface area contributed by atoms with Crippen LogP contribution in [0.4, 0.5) is 22.7 Å². The maximum atomic E-state index is 14.3. The van der Waals surface area contributed by atoms with Crippen LogP contribution in [0.15, 0.2) is 24.4 Å². The molecule has 19 heteroatoms. The second-order valence-corrected chi connectivity index (χ2v) is 13.0. The number of carboxylic acid groups (broad SMARTS) is 1. The van der Waals surface area contributed by atoms with Gasteiger partial charge < -0.3 is 35.3 Å².